The fourth-order valence-corrected chi connectivity index (χ4v) is 2.51. The SMILES string of the molecule is CC1CC(N)=NC1CCCC(N)C1COC(=O)O1. The largest absolute Gasteiger partial charge is 0.508 e. The molecule has 0 aromatic heterocycles. The van der Waals surface area contributed by atoms with Crippen molar-refractivity contribution >= 4 is 12.0 Å². The van der Waals surface area contributed by atoms with Crippen molar-refractivity contribution in [3.63, 3.8) is 0 Å². The maximum absolute atomic E-state index is 10.8. The Bertz CT molecular complexity index is 345. The molecule has 0 saturated carbocycles. The van der Waals surface area contributed by atoms with Crippen LogP contribution >= 0.6 is 0 Å². The molecule has 18 heavy (non-hydrogen) atoms. The van der Waals surface area contributed by atoms with E-state index in [-0.39, 0.29) is 18.8 Å². The fraction of sp³-hybridized carbons (Fsp3) is 0.833. The molecule has 4 atom stereocenters. The standard InChI is InChI=1S/C12H21N3O3/c1-7-5-11(14)15-9(7)4-2-3-8(13)10-6-17-12(16)18-10/h7-10H,2-6,13H2,1H3,(H2,14,15). The number of rotatable bonds is 5. The lowest BCUT2D eigenvalue weighted by atomic mass is 9.95. The van der Waals surface area contributed by atoms with E-state index in [1.807, 2.05) is 0 Å². The van der Waals surface area contributed by atoms with E-state index in [1.54, 1.807) is 0 Å². The highest BCUT2D eigenvalue weighted by molar-refractivity contribution is 5.82. The van der Waals surface area contributed by atoms with Gasteiger partial charge in [0.25, 0.3) is 0 Å². The molecule has 6 nitrogen and oxygen atoms in total. The van der Waals surface area contributed by atoms with Crippen LogP contribution in [0, 0.1) is 5.92 Å². The van der Waals surface area contributed by atoms with Crippen LogP contribution in [0.15, 0.2) is 4.99 Å². The lowest BCUT2D eigenvalue weighted by molar-refractivity contribution is 0.109. The van der Waals surface area contributed by atoms with Crippen molar-refractivity contribution in [2.75, 3.05) is 6.61 Å². The number of hydrogen-bond donors (Lipinski definition) is 2. The molecule has 4 unspecified atom stereocenters. The summed E-state index contributed by atoms with van der Waals surface area (Å²) >= 11 is 0. The highest BCUT2D eigenvalue weighted by atomic mass is 16.8. The Labute approximate surface area is 107 Å². The first-order valence-corrected chi connectivity index (χ1v) is 6.47. The Balaban J connectivity index is 1.67. The Hall–Kier alpha value is -1.30. The molecule has 0 spiro atoms. The summed E-state index contributed by atoms with van der Waals surface area (Å²) in [4.78, 5) is 15.2. The van der Waals surface area contributed by atoms with E-state index in [0.717, 1.165) is 31.5 Å². The van der Waals surface area contributed by atoms with E-state index in [4.69, 9.17) is 20.9 Å². The predicted octanol–water partition coefficient (Wildman–Crippen LogP) is 0.785. The molecular formula is C12H21N3O3. The molecule has 0 amide bonds. The molecular weight excluding hydrogens is 234 g/mol. The van der Waals surface area contributed by atoms with Gasteiger partial charge >= 0.3 is 6.16 Å². The van der Waals surface area contributed by atoms with Crippen molar-refractivity contribution in [1.82, 2.24) is 0 Å². The van der Waals surface area contributed by atoms with Gasteiger partial charge in [0, 0.05) is 12.5 Å². The number of hydrogen-bond acceptors (Lipinski definition) is 6. The van der Waals surface area contributed by atoms with Gasteiger partial charge in [0.2, 0.25) is 0 Å². The molecule has 2 aliphatic heterocycles. The molecule has 1 fully saturated rings. The van der Waals surface area contributed by atoms with Crippen LogP contribution in [0.5, 0.6) is 0 Å². The Morgan fingerprint density at radius 3 is 2.89 bits per heavy atom. The van der Waals surface area contributed by atoms with Crippen LogP contribution in [0.25, 0.3) is 0 Å². The molecule has 6 heteroatoms. The fourth-order valence-electron chi connectivity index (χ4n) is 2.51. The number of ether oxygens (including phenoxy) is 2. The zero-order valence-electron chi connectivity index (χ0n) is 10.7. The molecule has 0 aromatic carbocycles. The number of carbonyl (C=O) groups excluding carboxylic acids is 1. The van der Waals surface area contributed by atoms with Crippen molar-refractivity contribution in [2.24, 2.45) is 22.4 Å². The second kappa shape index (κ2) is 5.56. The molecule has 2 heterocycles. The molecule has 102 valence electrons. The van der Waals surface area contributed by atoms with Crippen LogP contribution in [0.3, 0.4) is 0 Å². The highest BCUT2D eigenvalue weighted by Crippen LogP contribution is 2.24. The summed E-state index contributed by atoms with van der Waals surface area (Å²) in [5, 5.41) is 0. The second-order valence-corrected chi connectivity index (χ2v) is 5.18. The average Bonchev–Trinajstić information content (AvgIpc) is 2.86. The normalized spacial score (nSPS) is 32.9. The van der Waals surface area contributed by atoms with E-state index < -0.39 is 6.16 Å². The summed E-state index contributed by atoms with van der Waals surface area (Å²) in [7, 11) is 0. The Morgan fingerprint density at radius 1 is 1.56 bits per heavy atom. The van der Waals surface area contributed by atoms with E-state index in [2.05, 4.69) is 11.9 Å². The van der Waals surface area contributed by atoms with E-state index in [1.165, 1.54) is 0 Å². The van der Waals surface area contributed by atoms with Gasteiger partial charge in [-0.25, -0.2) is 4.79 Å². The van der Waals surface area contributed by atoms with Crippen molar-refractivity contribution in [3.8, 4) is 0 Å². The third kappa shape index (κ3) is 3.13. The maximum Gasteiger partial charge on any atom is 0.508 e. The topological polar surface area (TPSA) is 99.9 Å². The molecule has 4 N–H and O–H groups in total. The van der Waals surface area contributed by atoms with Crippen LogP contribution in [-0.4, -0.2) is 36.8 Å². The number of cyclic esters (lactones) is 2. The van der Waals surface area contributed by atoms with Crippen molar-refractivity contribution in [3.05, 3.63) is 0 Å². The zero-order valence-corrected chi connectivity index (χ0v) is 10.7. The summed E-state index contributed by atoms with van der Waals surface area (Å²) in [6.07, 6.45) is 2.73. The Morgan fingerprint density at radius 2 is 2.33 bits per heavy atom. The molecule has 0 aliphatic carbocycles. The van der Waals surface area contributed by atoms with Gasteiger partial charge in [-0.15, -0.1) is 0 Å². The van der Waals surface area contributed by atoms with Crippen LogP contribution in [-0.2, 0) is 9.47 Å². The van der Waals surface area contributed by atoms with Gasteiger partial charge in [-0.3, -0.25) is 4.99 Å². The predicted molar refractivity (Wildman–Crippen MR) is 67.2 cm³/mol. The second-order valence-electron chi connectivity index (χ2n) is 5.18. The highest BCUT2D eigenvalue weighted by Gasteiger charge is 2.30. The Kier molecular flexibility index (Phi) is 4.06. The van der Waals surface area contributed by atoms with Gasteiger partial charge in [0.05, 0.1) is 11.9 Å². The first-order chi connectivity index (χ1) is 8.56. The molecule has 1 saturated heterocycles. The van der Waals surface area contributed by atoms with E-state index in [9.17, 15) is 4.79 Å². The minimum atomic E-state index is -0.614. The number of nitrogens with two attached hydrogens (primary N) is 2. The maximum atomic E-state index is 10.8. The number of aliphatic imine (C=N–C) groups is 1. The molecule has 0 aromatic rings. The van der Waals surface area contributed by atoms with Crippen molar-refractivity contribution in [2.45, 2.75) is 50.8 Å². The lowest BCUT2D eigenvalue weighted by Crippen LogP contribution is -2.36. The first-order valence-electron chi connectivity index (χ1n) is 6.47. The third-order valence-corrected chi connectivity index (χ3v) is 3.65. The van der Waals surface area contributed by atoms with Crippen LogP contribution < -0.4 is 11.5 Å². The first kappa shape index (κ1) is 13.1. The minimum Gasteiger partial charge on any atom is -0.430 e. The molecule has 2 aliphatic rings. The van der Waals surface area contributed by atoms with Gasteiger partial charge < -0.3 is 20.9 Å². The summed E-state index contributed by atoms with van der Waals surface area (Å²) in [5.41, 5.74) is 11.7. The van der Waals surface area contributed by atoms with Crippen LogP contribution in [0.2, 0.25) is 0 Å². The van der Waals surface area contributed by atoms with Gasteiger partial charge in [-0.1, -0.05) is 6.92 Å². The number of carbonyl (C=O) groups is 1. The third-order valence-electron chi connectivity index (χ3n) is 3.65. The molecule has 0 radical (unpaired) electrons. The van der Waals surface area contributed by atoms with Gasteiger partial charge in [-0.05, 0) is 25.2 Å². The van der Waals surface area contributed by atoms with Crippen LogP contribution in [0.1, 0.15) is 32.6 Å². The summed E-state index contributed by atoms with van der Waals surface area (Å²) in [6, 6.07) is 0.161. The zero-order chi connectivity index (χ0) is 13.1. The summed E-state index contributed by atoms with van der Waals surface area (Å²) in [5.74, 6) is 1.28. The van der Waals surface area contributed by atoms with Crippen LogP contribution in [0.4, 0.5) is 4.79 Å². The monoisotopic (exact) mass is 255 g/mol. The van der Waals surface area contributed by atoms with Gasteiger partial charge in [-0.2, -0.15) is 0 Å². The summed E-state index contributed by atoms with van der Waals surface area (Å²) < 4.78 is 9.67. The smallest absolute Gasteiger partial charge is 0.430 e. The van der Waals surface area contributed by atoms with Crippen molar-refractivity contribution in [1.29, 1.82) is 0 Å². The summed E-state index contributed by atoms with van der Waals surface area (Å²) in [6.45, 7) is 2.44. The van der Waals surface area contributed by atoms with E-state index in [0.29, 0.717) is 12.0 Å². The quantitative estimate of drug-likeness (QED) is 0.707. The minimum absolute atomic E-state index is 0.158. The molecule has 0 bridgehead atoms. The van der Waals surface area contributed by atoms with Gasteiger partial charge in [0.1, 0.15) is 6.61 Å². The van der Waals surface area contributed by atoms with Crippen molar-refractivity contribution < 1.29 is 14.3 Å². The number of nitrogens with zero attached hydrogens (tertiary/aromatic N) is 1. The van der Waals surface area contributed by atoms with Gasteiger partial charge in [0.15, 0.2) is 6.10 Å². The average molecular weight is 255 g/mol. The van der Waals surface area contributed by atoms with E-state index >= 15 is 0 Å². The lowest BCUT2D eigenvalue weighted by Gasteiger charge is -2.17. The number of amidine groups is 1. The molecule has 2 rings (SSSR count).